The molecule has 1 amide bonds. The van der Waals surface area contributed by atoms with Gasteiger partial charge < -0.3 is 15.5 Å². The number of hydrogen-bond donors (Lipinski definition) is 2. The first-order chi connectivity index (χ1) is 11.7. The van der Waals surface area contributed by atoms with Gasteiger partial charge in [0.15, 0.2) is 5.96 Å². The van der Waals surface area contributed by atoms with Crippen LogP contribution >= 0.6 is 24.0 Å². The number of guanidine groups is 1. The minimum absolute atomic E-state index is 0. The minimum Gasteiger partial charge on any atom is -0.356 e. The van der Waals surface area contributed by atoms with E-state index in [9.17, 15) is 4.79 Å². The molecule has 0 unspecified atom stereocenters. The zero-order valence-electron chi connectivity index (χ0n) is 15.7. The van der Waals surface area contributed by atoms with Gasteiger partial charge in [0.25, 0.3) is 0 Å². The lowest BCUT2D eigenvalue weighted by atomic mass is 9.97. The van der Waals surface area contributed by atoms with Crippen LogP contribution in [0.25, 0.3) is 0 Å². The van der Waals surface area contributed by atoms with E-state index in [1.54, 1.807) is 12.5 Å². The lowest BCUT2D eigenvalue weighted by Crippen LogP contribution is -2.50. The van der Waals surface area contributed by atoms with Gasteiger partial charge in [-0.15, -0.1) is 24.0 Å². The topological polar surface area (TPSA) is 60.0 Å². The molecular formula is C18H34IN5O. The largest absolute Gasteiger partial charge is 0.356 e. The lowest BCUT2D eigenvalue weighted by Gasteiger charge is -2.34. The fourth-order valence-electron chi connectivity index (χ4n) is 3.31. The predicted molar refractivity (Wildman–Crippen MR) is 115 cm³/mol. The first-order valence-corrected chi connectivity index (χ1v) is 9.29. The summed E-state index contributed by atoms with van der Waals surface area (Å²) in [4.78, 5) is 19.9. The average Bonchev–Trinajstić information content (AvgIpc) is 2.61. The number of hydrogen-bond acceptors (Lipinski definition) is 3. The van der Waals surface area contributed by atoms with Crippen molar-refractivity contribution in [1.29, 1.82) is 0 Å². The number of carbonyl (C=O) groups excluding carboxylic acids is 1. The fourth-order valence-corrected chi connectivity index (χ4v) is 3.31. The average molecular weight is 463 g/mol. The Hall–Kier alpha value is -0.830. The van der Waals surface area contributed by atoms with E-state index in [4.69, 9.17) is 0 Å². The molecule has 1 heterocycles. The van der Waals surface area contributed by atoms with E-state index in [2.05, 4.69) is 26.6 Å². The smallest absolute Gasteiger partial charge is 0.219 e. The molecule has 2 N–H and O–H groups in total. The maximum atomic E-state index is 11.3. The van der Waals surface area contributed by atoms with Crippen molar-refractivity contribution >= 4 is 35.8 Å². The van der Waals surface area contributed by atoms with Crippen molar-refractivity contribution in [2.45, 2.75) is 39.0 Å². The van der Waals surface area contributed by atoms with E-state index in [1.165, 1.54) is 25.7 Å². The highest BCUT2D eigenvalue weighted by Gasteiger charge is 2.17. The molecule has 7 heteroatoms. The Labute approximate surface area is 169 Å². The van der Waals surface area contributed by atoms with Crippen molar-refractivity contribution < 1.29 is 4.79 Å². The van der Waals surface area contributed by atoms with E-state index in [1.807, 2.05) is 11.9 Å². The Morgan fingerprint density at radius 3 is 2.48 bits per heavy atom. The number of nitrogens with zero attached hydrogens (tertiary/aromatic N) is 3. The normalized spacial score (nSPS) is 19.0. The Bertz CT molecular complexity index is 458. The molecule has 25 heavy (non-hydrogen) atoms. The van der Waals surface area contributed by atoms with Crippen LogP contribution in [-0.4, -0.2) is 74.5 Å². The summed E-state index contributed by atoms with van der Waals surface area (Å²) in [5, 5.41) is 6.79. The molecule has 0 bridgehead atoms. The lowest BCUT2D eigenvalue weighted by molar-refractivity contribution is -0.130. The van der Waals surface area contributed by atoms with E-state index in [-0.39, 0.29) is 29.9 Å². The number of amides is 1. The van der Waals surface area contributed by atoms with Crippen LogP contribution in [0.4, 0.5) is 0 Å². The van der Waals surface area contributed by atoms with Gasteiger partial charge in [-0.3, -0.25) is 14.7 Å². The maximum Gasteiger partial charge on any atom is 0.219 e. The molecule has 0 atom stereocenters. The molecule has 0 aromatic carbocycles. The molecule has 0 aromatic rings. The second-order valence-electron chi connectivity index (χ2n) is 6.63. The van der Waals surface area contributed by atoms with Crippen LogP contribution in [0.3, 0.4) is 0 Å². The van der Waals surface area contributed by atoms with Crippen LogP contribution in [0, 0.1) is 0 Å². The summed E-state index contributed by atoms with van der Waals surface area (Å²) < 4.78 is 0. The van der Waals surface area contributed by atoms with Gasteiger partial charge in [0, 0.05) is 59.8 Å². The highest BCUT2D eigenvalue weighted by Crippen LogP contribution is 2.19. The minimum atomic E-state index is 0. The predicted octanol–water partition coefficient (Wildman–Crippen LogP) is 1.82. The number of piperazine rings is 1. The van der Waals surface area contributed by atoms with Crippen molar-refractivity contribution in [1.82, 2.24) is 20.4 Å². The zero-order chi connectivity index (χ0) is 17.2. The molecule has 0 saturated carbocycles. The molecule has 1 aliphatic heterocycles. The van der Waals surface area contributed by atoms with Crippen LogP contribution < -0.4 is 10.6 Å². The van der Waals surface area contributed by atoms with Gasteiger partial charge >= 0.3 is 0 Å². The number of aliphatic imine (C=N–C) groups is 1. The van der Waals surface area contributed by atoms with E-state index in [0.29, 0.717) is 0 Å². The summed E-state index contributed by atoms with van der Waals surface area (Å²) in [7, 11) is 1.82. The molecular weight excluding hydrogens is 429 g/mol. The number of allylic oxidation sites excluding steroid dienone is 1. The summed E-state index contributed by atoms with van der Waals surface area (Å²) in [6.07, 6.45) is 8.73. The van der Waals surface area contributed by atoms with Crippen LogP contribution in [0.15, 0.2) is 16.6 Å². The van der Waals surface area contributed by atoms with Gasteiger partial charge in [-0.05, 0) is 32.1 Å². The molecule has 144 valence electrons. The second-order valence-corrected chi connectivity index (χ2v) is 6.63. The van der Waals surface area contributed by atoms with Crippen molar-refractivity contribution in [2.75, 3.05) is 52.9 Å². The number of carbonyl (C=O) groups is 1. The molecule has 1 fully saturated rings. The molecule has 0 aromatic heterocycles. The first kappa shape index (κ1) is 22.2. The standard InChI is InChI=1S/C18H33N5O.HI/c1-16(24)23-14-12-22(13-15-23)11-10-21-18(19-2)20-9-8-17-6-4-3-5-7-17;/h6H,3-5,7-15H2,1-2H3,(H2,19,20,21);1H. The van der Waals surface area contributed by atoms with Crippen molar-refractivity contribution in [2.24, 2.45) is 4.99 Å². The summed E-state index contributed by atoms with van der Waals surface area (Å²) in [6, 6.07) is 0. The van der Waals surface area contributed by atoms with Gasteiger partial charge in [-0.25, -0.2) is 0 Å². The molecule has 1 aliphatic carbocycles. The monoisotopic (exact) mass is 463 g/mol. The van der Waals surface area contributed by atoms with Gasteiger partial charge in [-0.1, -0.05) is 11.6 Å². The summed E-state index contributed by atoms with van der Waals surface area (Å²) >= 11 is 0. The zero-order valence-corrected chi connectivity index (χ0v) is 18.1. The van der Waals surface area contributed by atoms with Crippen LogP contribution in [-0.2, 0) is 4.79 Å². The highest BCUT2D eigenvalue weighted by atomic mass is 127. The van der Waals surface area contributed by atoms with Gasteiger partial charge in [0.2, 0.25) is 5.91 Å². The number of halogens is 1. The van der Waals surface area contributed by atoms with E-state index >= 15 is 0 Å². The highest BCUT2D eigenvalue weighted by molar-refractivity contribution is 14.0. The molecule has 1 saturated heterocycles. The summed E-state index contributed by atoms with van der Waals surface area (Å²) in [6.45, 7) is 8.07. The third kappa shape index (κ3) is 8.40. The fraction of sp³-hybridized carbons (Fsp3) is 0.778. The molecule has 6 nitrogen and oxygen atoms in total. The van der Waals surface area contributed by atoms with Crippen molar-refractivity contribution in [3.63, 3.8) is 0 Å². The third-order valence-corrected chi connectivity index (χ3v) is 4.89. The molecule has 2 rings (SSSR count). The van der Waals surface area contributed by atoms with Gasteiger partial charge in [0.1, 0.15) is 0 Å². The Morgan fingerprint density at radius 1 is 1.16 bits per heavy atom. The summed E-state index contributed by atoms with van der Waals surface area (Å²) in [5.74, 6) is 1.07. The number of rotatable bonds is 6. The summed E-state index contributed by atoms with van der Waals surface area (Å²) in [5.41, 5.74) is 1.59. The quantitative estimate of drug-likeness (QED) is 0.273. The Balaban J connectivity index is 0.00000312. The van der Waals surface area contributed by atoms with Crippen LogP contribution in [0.2, 0.25) is 0 Å². The maximum absolute atomic E-state index is 11.3. The second kappa shape index (κ2) is 12.5. The van der Waals surface area contributed by atoms with Crippen LogP contribution in [0.1, 0.15) is 39.0 Å². The first-order valence-electron chi connectivity index (χ1n) is 9.29. The van der Waals surface area contributed by atoms with Gasteiger partial charge in [0.05, 0.1) is 0 Å². The Morgan fingerprint density at radius 2 is 1.88 bits per heavy atom. The molecule has 2 aliphatic rings. The van der Waals surface area contributed by atoms with Crippen molar-refractivity contribution in [3.8, 4) is 0 Å². The van der Waals surface area contributed by atoms with Crippen LogP contribution in [0.5, 0.6) is 0 Å². The SMILES string of the molecule is CN=C(NCCC1=CCCCC1)NCCN1CCN(C(C)=O)CC1.I. The Kier molecular flexibility index (Phi) is 11.1. The third-order valence-electron chi connectivity index (χ3n) is 4.89. The van der Waals surface area contributed by atoms with Crippen molar-refractivity contribution in [3.05, 3.63) is 11.6 Å². The molecule has 0 radical (unpaired) electrons. The van der Waals surface area contributed by atoms with E-state index in [0.717, 1.165) is 58.2 Å². The van der Waals surface area contributed by atoms with Gasteiger partial charge in [-0.2, -0.15) is 0 Å². The molecule has 0 spiro atoms. The van der Waals surface area contributed by atoms with E-state index < -0.39 is 0 Å². The number of nitrogens with one attached hydrogen (secondary N) is 2.